The van der Waals surface area contributed by atoms with E-state index in [4.69, 9.17) is 0 Å². The zero-order chi connectivity index (χ0) is 17.8. The summed E-state index contributed by atoms with van der Waals surface area (Å²) in [6, 6.07) is 8.62. The van der Waals surface area contributed by atoms with E-state index in [0.29, 0.717) is 18.3 Å². The quantitative estimate of drug-likeness (QED) is 0.566. The third kappa shape index (κ3) is 4.48. The first kappa shape index (κ1) is 19.4. The maximum absolute atomic E-state index is 12.3. The van der Waals surface area contributed by atoms with E-state index >= 15 is 0 Å². The summed E-state index contributed by atoms with van der Waals surface area (Å²) in [7, 11) is 0. The summed E-state index contributed by atoms with van der Waals surface area (Å²) in [6.45, 7) is 2.60. The summed E-state index contributed by atoms with van der Waals surface area (Å²) in [5.41, 5.74) is 2.84. The van der Waals surface area contributed by atoms with Gasteiger partial charge < -0.3 is 15.6 Å². The van der Waals surface area contributed by atoms with Gasteiger partial charge in [0.05, 0.1) is 12.2 Å². The molecule has 3 aromatic rings. The highest BCUT2D eigenvalue weighted by Crippen LogP contribution is 2.19. The Morgan fingerprint density at radius 1 is 1.26 bits per heavy atom. The largest absolute Gasteiger partial charge is 0.361 e. The summed E-state index contributed by atoms with van der Waals surface area (Å²) < 4.78 is 1.84. The van der Waals surface area contributed by atoms with Crippen LogP contribution in [0.1, 0.15) is 41.4 Å². The highest BCUT2D eigenvalue weighted by atomic mass is 35.5. The molecule has 1 saturated heterocycles. The number of aryl methyl sites for hydroxylation is 1. The van der Waals surface area contributed by atoms with Crippen LogP contribution in [0.2, 0.25) is 0 Å². The Kier molecular flexibility index (Phi) is 6.47. The van der Waals surface area contributed by atoms with Crippen molar-refractivity contribution in [2.75, 3.05) is 19.6 Å². The maximum Gasteiger partial charge on any atom is 0.273 e. The van der Waals surface area contributed by atoms with E-state index < -0.39 is 0 Å². The monoisotopic (exact) mass is 388 g/mol. The van der Waals surface area contributed by atoms with Gasteiger partial charge in [-0.15, -0.1) is 17.5 Å². The van der Waals surface area contributed by atoms with Gasteiger partial charge in [-0.2, -0.15) is 0 Å². The number of aromatic nitrogens is 4. The maximum atomic E-state index is 12.3. The molecule has 1 aromatic carbocycles. The number of nitrogens with zero attached hydrogens (tertiary/aromatic N) is 3. The van der Waals surface area contributed by atoms with E-state index in [1.54, 1.807) is 6.20 Å². The number of carbonyl (C=O) groups excluding carboxylic acids is 1. The number of halogens is 1. The van der Waals surface area contributed by atoms with Crippen molar-refractivity contribution in [3.8, 4) is 0 Å². The Labute approximate surface area is 164 Å². The Balaban J connectivity index is 0.00000210. The molecule has 2 aromatic heterocycles. The second kappa shape index (κ2) is 9.01. The van der Waals surface area contributed by atoms with Crippen LogP contribution in [0.3, 0.4) is 0 Å². The molecule has 0 unspecified atom stereocenters. The Morgan fingerprint density at radius 2 is 2.07 bits per heavy atom. The molecule has 0 spiro atoms. The fourth-order valence-electron chi connectivity index (χ4n) is 3.54. The van der Waals surface area contributed by atoms with E-state index in [1.165, 1.54) is 10.9 Å². The van der Waals surface area contributed by atoms with Gasteiger partial charge in [-0.3, -0.25) is 4.79 Å². The van der Waals surface area contributed by atoms with Crippen LogP contribution in [0.15, 0.2) is 36.7 Å². The topological polar surface area (TPSA) is 87.6 Å². The summed E-state index contributed by atoms with van der Waals surface area (Å²) in [4.78, 5) is 15.6. The average molecular weight is 389 g/mol. The van der Waals surface area contributed by atoms with Gasteiger partial charge in [0.25, 0.3) is 5.91 Å². The second-order valence-electron chi connectivity index (χ2n) is 6.78. The summed E-state index contributed by atoms with van der Waals surface area (Å²) >= 11 is 0. The van der Waals surface area contributed by atoms with Crippen LogP contribution in [0.5, 0.6) is 0 Å². The summed E-state index contributed by atoms with van der Waals surface area (Å²) in [6.07, 6.45) is 7.67. The van der Waals surface area contributed by atoms with Crippen LogP contribution in [0, 0.1) is 0 Å². The molecular formula is C19H25ClN6O. The fourth-order valence-corrected chi connectivity index (χ4v) is 3.54. The van der Waals surface area contributed by atoms with Gasteiger partial charge in [0.15, 0.2) is 5.69 Å². The van der Waals surface area contributed by atoms with Crippen molar-refractivity contribution in [1.82, 2.24) is 30.6 Å². The molecule has 8 heteroatoms. The minimum absolute atomic E-state index is 0. The smallest absolute Gasteiger partial charge is 0.273 e. The molecule has 144 valence electrons. The molecule has 1 aliphatic heterocycles. The van der Waals surface area contributed by atoms with Gasteiger partial charge in [-0.05, 0) is 50.4 Å². The van der Waals surface area contributed by atoms with Gasteiger partial charge in [0, 0.05) is 23.6 Å². The first-order valence-electron chi connectivity index (χ1n) is 9.27. The zero-order valence-electron chi connectivity index (χ0n) is 15.1. The van der Waals surface area contributed by atoms with E-state index in [0.717, 1.165) is 44.3 Å². The number of H-pyrrole nitrogens is 1. The van der Waals surface area contributed by atoms with Gasteiger partial charge >= 0.3 is 0 Å². The van der Waals surface area contributed by atoms with E-state index in [9.17, 15) is 4.79 Å². The van der Waals surface area contributed by atoms with Gasteiger partial charge in [-0.25, -0.2) is 4.68 Å². The van der Waals surface area contributed by atoms with Crippen molar-refractivity contribution < 1.29 is 4.79 Å². The molecule has 3 N–H and O–H groups in total. The Bertz CT molecular complexity index is 883. The van der Waals surface area contributed by atoms with Crippen molar-refractivity contribution in [3.63, 3.8) is 0 Å². The van der Waals surface area contributed by atoms with Crippen molar-refractivity contribution in [2.24, 2.45) is 0 Å². The lowest BCUT2D eigenvalue weighted by atomic mass is 10.1. The number of hydrogen-bond donors (Lipinski definition) is 3. The fraction of sp³-hybridized carbons (Fsp3) is 0.421. The molecule has 1 fully saturated rings. The Hall–Kier alpha value is -2.38. The molecular weight excluding hydrogens is 364 g/mol. The van der Waals surface area contributed by atoms with Crippen LogP contribution in [-0.2, 0) is 6.42 Å². The van der Waals surface area contributed by atoms with Crippen LogP contribution < -0.4 is 10.6 Å². The third-order valence-electron chi connectivity index (χ3n) is 5.01. The first-order valence-corrected chi connectivity index (χ1v) is 9.27. The number of amides is 1. The lowest BCUT2D eigenvalue weighted by molar-refractivity contribution is 0.0948. The molecule has 0 bridgehead atoms. The lowest BCUT2D eigenvalue weighted by Crippen LogP contribution is -2.29. The van der Waals surface area contributed by atoms with Gasteiger partial charge in [-0.1, -0.05) is 23.4 Å². The van der Waals surface area contributed by atoms with Crippen LogP contribution in [0.4, 0.5) is 0 Å². The minimum Gasteiger partial charge on any atom is -0.361 e. The van der Waals surface area contributed by atoms with Crippen molar-refractivity contribution in [1.29, 1.82) is 0 Å². The van der Waals surface area contributed by atoms with Gasteiger partial charge in [0.1, 0.15) is 0 Å². The number of hydrogen-bond acceptors (Lipinski definition) is 4. The van der Waals surface area contributed by atoms with Crippen molar-refractivity contribution in [2.45, 2.75) is 31.7 Å². The normalized spacial score (nSPS) is 14.8. The first-order chi connectivity index (χ1) is 12.8. The van der Waals surface area contributed by atoms with E-state index in [1.807, 2.05) is 16.8 Å². The third-order valence-corrected chi connectivity index (χ3v) is 5.01. The molecule has 1 amide bonds. The highest BCUT2D eigenvalue weighted by molar-refractivity contribution is 5.91. The molecule has 3 heterocycles. The van der Waals surface area contributed by atoms with E-state index in [2.05, 4.69) is 44.3 Å². The highest BCUT2D eigenvalue weighted by Gasteiger charge is 2.18. The predicted octanol–water partition coefficient (Wildman–Crippen LogP) is 2.47. The van der Waals surface area contributed by atoms with Crippen molar-refractivity contribution in [3.05, 3.63) is 47.9 Å². The van der Waals surface area contributed by atoms with Crippen LogP contribution in [0.25, 0.3) is 10.9 Å². The number of rotatable bonds is 6. The molecule has 0 atom stereocenters. The van der Waals surface area contributed by atoms with E-state index in [-0.39, 0.29) is 18.3 Å². The number of fused-ring (bicyclic) bond motifs is 1. The molecule has 7 nitrogen and oxygen atoms in total. The summed E-state index contributed by atoms with van der Waals surface area (Å²) in [5, 5.41) is 15.7. The summed E-state index contributed by atoms with van der Waals surface area (Å²) in [5.74, 6) is -0.149. The second-order valence-corrected chi connectivity index (χ2v) is 6.78. The van der Waals surface area contributed by atoms with Crippen molar-refractivity contribution >= 4 is 29.2 Å². The minimum atomic E-state index is -0.149. The average Bonchev–Trinajstić information content (AvgIpc) is 3.33. The number of nitrogens with one attached hydrogen (secondary N) is 3. The number of benzene rings is 1. The molecule has 0 aliphatic carbocycles. The standard InChI is InChI=1S/C19H24N6O.ClH/c26-19(18-13-25(24-23-18)15-7-10-20-11-8-15)21-9-3-4-14-12-22-17-6-2-1-5-16(14)17;/h1-2,5-6,12-13,15,20,22H,3-4,7-11H2,(H,21,26);1H. The Morgan fingerprint density at radius 3 is 2.93 bits per heavy atom. The number of piperidine rings is 1. The number of aromatic amines is 1. The predicted molar refractivity (Wildman–Crippen MR) is 107 cm³/mol. The number of carbonyl (C=O) groups is 1. The SMILES string of the molecule is Cl.O=C(NCCCc1c[nH]c2ccccc12)c1cn(C2CCNCC2)nn1. The van der Waals surface area contributed by atoms with Gasteiger partial charge in [0.2, 0.25) is 0 Å². The molecule has 4 rings (SSSR count). The van der Waals surface area contributed by atoms with Crippen LogP contribution >= 0.6 is 12.4 Å². The number of para-hydroxylation sites is 1. The van der Waals surface area contributed by atoms with Crippen LogP contribution in [-0.4, -0.2) is 45.5 Å². The molecule has 27 heavy (non-hydrogen) atoms. The molecule has 0 radical (unpaired) electrons. The molecule has 0 saturated carbocycles. The zero-order valence-corrected chi connectivity index (χ0v) is 16.0. The lowest BCUT2D eigenvalue weighted by Gasteiger charge is -2.22. The molecule has 1 aliphatic rings.